The van der Waals surface area contributed by atoms with Gasteiger partial charge in [-0.2, -0.15) is 0 Å². The van der Waals surface area contributed by atoms with Crippen LogP contribution in [-0.4, -0.2) is 10.9 Å². The standard InChI is InChI=1S/C14H19N3OS/c1-13(2,3)12(18)11-9-16-14(15,19-11)17-10-7-5-4-6-8-10/h4-9,16-17H,15H2,1-3H3. The van der Waals surface area contributed by atoms with Crippen LogP contribution in [0, 0.1) is 5.41 Å². The SMILES string of the molecule is CC(C)(C)C(=O)C1=CNC(N)(Nc2ccccc2)S1. The monoisotopic (exact) mass is 277 g/mol. The number of para-hydroxylation sites is 1. The minimum absolute atomic E-state index is 0.0900. The van der Waals surface area contributed by atoms with Crippen LogP contribution in [0.3, 0.4) is 0 Å². The van der Waals surface area contributed by atoms with Gasteiger partial charge in [0.15, 0.2) is 5.78 Å². The fourth-order valence-corrected chi connectivity index (χ4v) is 2.83. The molecule has 19 heavy (non-hydrogen) atoms. The van der Waals surface area contributed by atoms with Gasteiger partial charge < -0.3 is 10.6 Å². The van der Waals surface area contributed by atoms with Gasteiger partial charge in [-0.15, -0.1) is 0 Å². The lowest BCUT2D eigenvalue weighted by atomic mass is 9.91. The Morgan fingerprint density at radius 3 is 2.53 bits per heavy atom. The molecule has 0 saturated carbocycles. The third-order valence-corrected chi connectivity index (χ3v) is 3.76. The van der Waals surface area contributed by atoms with Gasteiger partial charge >= 0.3 is 0 Å². The van der Waals surface area contributed by atoms with E-state index in [1.807, 2.05) is 51.1 Å². The fraction of sp³-hybridized carbons (Fsp3) is 0.357. The number of thioether (sulfide) groups is 1. The molecular weight excluding hydrogens is 258 g/mol. The Balaban J connectivity index is 2.05. The maximum atomic E-state index is 12.2. The van der Waals surface area contributed by atoms with Crippen molar-refractivity contribution in [2.45, 2.75) is 25.9 Å². The highest BCUT2D eigenvalue weighted by Gasteiger charge is 2.37. The molecule has 1 unspecified atom stereocenters. The third kappa shape index (κ3) is 3.30. The second-order valence-corrected chi connectivity index (χ2v) is 6.85. The second kappa shape index (κ2) is 4.90. The van der Waals surface area contributed by atoms with Crippen molar-refractivity contribution in [2.75, 3.05) is 5.32 Å². The quantitative estimate of drug-likeness (QED) is 0.741. The van der Waals surface area contributed by atoms with E-state index >= 15 is 0 Å². The highest BCUT2D eigenvalue weighted by Crippen LogP contribution is 2.36. The summed E-state index contributed by atoms with van der Waals surface area (Å²) in [6, 6.07) is 9.66. The molecule has 0 radical (unpaired) electrons. The van der Waals surface area contributed by atoms with E-state index in [1.165, 1.54) is 11.8 Å². The van der Waals surface area contributed by atoms with Crippen molar-refractivity contribution in [1.29, 1.82) is 0 Å². The van der Waals surface area contributed by atoms with Crippen molar-refractivity contribution in [3.63, 3.8) is 0 Å². The van der Waals surface area contributed by atoms with Gasteiger partial charge in [-0.1, -0.05) is 50.7 Å². The Hall–Kier alpha value is -1.46. The Morgan fingerprint density at radius 1 is 1.32 bits per heavy atom. The van der Waals surface area contributed by atoms with E-state index < -0.39 is 10.5 Å². The molecule has 0 bridgehead atoms. The maximum Gasteiger partial charge on any atom is 0.216 e. The van der Waals surface area contributed by atoms with Crippen LogP contribution in [0.5, 0.6) is 0 Å². The van der Waals surface area contributed by atoms with Gasteiger partial charge in [-0.3, -0.25) is 10.5 Å². The summed E-state index contributed by atoms with van der Waals surface area (Å²) in [5.74, 6) is 0.0900. The molecule has 1 aromatic carbocycles. The summed E-state index contributed by atoms with van der Waals surface area (Å²) in [5, 5.41) is 5.33. The van der Waals surface area contributed by atoms with Crippen LogP contribution >= 0.6 is 11.8 Å². The number of hydrogen-bond donors (Lipinski definition) is 3. The van der Waals surface area contributed by atoms with E-state index in [-0.39, 0.29) is 5.78 Å². The van der Waals surface area contributed by atoms with Crippen molar-refractivity contribution in [1.82, 2.24) is 5.32 Å². The summed E-state index contributed by atoms with van der Waals surface area (Å²) in [5.41, 5.74) is 6.70. The minimum Gasteiger partial charge on any atom is -0.347 e. The second-order valence-electron chi connectivity index (χ2n) is 5.56. The third-order valence-electron chi connectivity index (χ3n) is 2.70. The lowest BCUT2D eigenvalue weighted by molar-refractivity contribution is -0.121. The molecule has 0 aliphatic carbocycles. The summed E-state index contributed by atoms with van der Waals surface area (Å²) >= 11 is 1.31. The van der Waals surface area contributed by atoms with E-state index in [4.69, 9.17) is 5.73 Å². The van der Waals surface area contributed by atoms with Crippen LogP contribution in [0.2, 0.25) is 0 Å². The topological polar surface area (TPSA) is 67.2 Å². The smallest absolute Gasteiger partial charge is 0.216 e. The molecule has 0 saturated heterocycles. The first-order valence-electron chi connectivity index (χ1n) is 6.14. The normalized spacial score (nSPS) is 22.6. The zero-order valence-electron chi connectivity index (χ0n) is 11.4. The number of anilines is 1. The van der Waals surface area contributed by atoms with Crippen molar-refractivity contribution in [2.24, 2.45) is 11.1 Å². The summed E-state index contributed by atoms with van der Waals surface area (Å²) in [6.45, 7) is 5.70. The predicted octanol–water partition coefficient (Wildman–Crippen LogP) is 2.46. The number of carbonyl (C=O) groups excluding carboxylic acids is 1. The van der Waals surface area contributed by atoms with Crippen LogP contribution in [0.1, 0.15) is 20.8 Å². The highest BCUT2D eigenvalue weighted by atomic mass is 32.2. The molecule has 4 nitrogen and oxygen atoms in total. The number of benzene rings is 1. The van der Waals surface area contributed by atoms with Crippen LogP contribution in [0.15, 0.2) is 41.4 Å². The van der Waals surface area contributed by atoms with Gasteiger partial charge in [-0.25, -0.2) is 0 Å². The van der Waals surface area contributed by atoms with E-state index in [0.717, 1.165) is 5.69 Å². The van der Waals surface area contributed by atoms with Gasteiger partial charge in [0.25, 0.3) is 0 Å². The van der Waals surface area contributed by atoms with Crippen LogP contribution in [0.25, 0.3) is 0 Å². The molecular formula is C14H19N3OS. The molecule has 0 fully saturated rings. The van der Waals surface area contributed by atoms with Gasteiger partial charge in [0.05, 0.1) is 4.91 Å². The molecule has 2 rings (SSSR count). The number of ketones is 1. The van der Waals surface area contributed by atoms with E-state index in [1.54, 1.807) is 6.20 Å². The van der Waals surface area contributed by atoms with Crippen LogP contribution in [-0.2, 0) is 4.79 Å². The first kappa shape index (κ1) is 14.0. The number of hydrogen-bond acceptors (Lipinski definition) is 5. The van der Waals surface area contributed by atoms with Crippen molar-refractivity contribution in [3.05, 3.63) is 41.4 Å². The number of rotatable bonds is 3. The maximum absolute atomic E-state index is 12.2. The predicted molar refractivity (Wildman–Crippen MR) is 80.3 cm³/mol. The Morgan fingerprint density at radius 2 is 1.95 bits per heavy atom. The van der Waals surface area contributed by atoms with E-state index in [9.17, 15) is 4.79 Å². The number of allylic oxidation sites excluding steroid dienone is 1. The molecule has 0 spiro atoms. The average molecular weight is 277 g/mol. The number of nitrogens with two attached hydrogens (primary N) is 1. The fourth-order valence-electron chi connectivity index (χ4n) is 1.68. The Labute approximate surface area is 117 Å². The molecule has 0 aromatic heterocycles. The minimum atomic E-state index is -0.877. The molecule has 4 N–H and O–H groups in total. The number of carbonyl (C=O) groups is 1. The van der Waals surface area contributed by atoms with Crippen LogP contribution in [0.4, 0.5) is 5.69 Å². The van der Waals surface area contributed by atoms with Gasteiger partial charge in [0, 0.05) is 17.3 Å². The Kier molecular flexibility index (Phi) is 3.60. The lowest BCUT2D eigenvalue weighted by Gasteiger charge is -2.27. The molecule has 102 valence electrons. The average Bonchev–Trinajstić information content (AvgIpc) is 2.70. The van der Waals surface area contributed by atoms with Gasteiger partial charge in [0.2, 0.25) is 5.12 Å². The highest BCUT2D eigenvalue weighted by molar-refractivity contribution is 8.05. The molecule has 1 atom stereocenters. The zero-order valence-corrected chi connectivity index (χ0v) is 12.2. The summed E-state index contributed by atoms with van der Waals surface area (Å²) in [6.07, 6.45) is 1.69. The molecule has 1 aromatic rings. The largest absolute Gasteiger partial charge is 0.347 e. The summed E-state index contributed by atoms with van der Waals surface area (Å²) < 4.78 is 0. The van der Waals surface area contributed by atoms with Gasteiger partial charge in [0.1, 0.15) is 0 Å². The summed E-state index contributed by atoms with van der Waals surface area (Å²) in [7, 11) is 0. The summed E-state index contributed by atoms with van der Waals surface area (Å²) in [4.78, 5) is 12.8. The molecule has 0 amide bonds. The van der Waals surface area contributed by atoms with Crippen LogP contribution < -0.4 is 16.4 Å². The molecule has 5 heteroatoms. The Bertz CT molecular complexity index is 507. The number of Topliss-reactive ketones (excluding diaryl/α,β-unsaturated/α-hetero) is 1. The number of nitrogens with one attached hydrogen (secondary N) is 2. The van der Waals surface area contributed by atoms with Crippen molar-refractivity contribution >= 4 is 23.2 Å². The van der Waals surface area contributed by atoms with E-state index in [0.29, 0.717) is 4.91 Å². The lowest BCUT2D eigenvalue weighted by Crippen LogP contribution is -2.52. The molecule has 1 heterocycles. The van der Waals surface area contributed by atoms with Crippen molar-refractivity contribution < 1.29 is 4.79 Å². The zero-order chi connectivity index (χ0) is 14.1. The van der Waals surface area contributed by atoms with E-state index in [2.05, 4.69) is 10.6 Å². The first-order chi connectivity index (χ1) is 8.80. The first-order valence-corrected chi connectivity index (χ1v) is 6.96. The molecule has 1 aliphatic heterocycles. The molecule has 1 aliphatic rings. The van der Waals surface area contributed by atoms with Gasteiger partial charge in [-0.05, 0) is 12.1 Å². The van der Waals surface area contributed by atoms with Crippen molar-refractivity contribution in [3.8, 4) is 0 Å².